The largest absolute Gasteiger partial charge is 0.394 e. The molecule has 61 heavy (non-hydrogen) atoms. The van der Waals surface area contributed by atoms with Crippen LogP contribution < -0.4 is 5.32 Å². The van der Waals surface area contributed by atoms with E-state index in [9.17, 15) is 61.0 Å². The highest BCUT2D eigenvalue weighted by Crippen LogP contribution is 2.33. The number of unbranched alkanes of at least 4 members (excludes halogenated alkanes) is 13. The van der Waals surface area contributed by atoms with Crippen LogP contribution in [0, 0.1) is 0 Å². The van der Waals surface area contributed by atoms with Gasteiger partial charge in [0.1, 0.15) is 73.2 Å². The van der Waals surface area contributed by atoms with Gasteiger partial charge in [0.05, 0.1) is 38.6 Å². The first-order valence-electron chi connectivity index (χ1n) is 22.4. The van der Waals surface area contributed by atoms with Crippen molar-refractivity contribution in [1.82, 2.24) is 5.32 Å². The number of hydrogen-bond acceptors (Lipinski definition) is 18. The topological polar surface area (TPSA) is 307 Å². The van der Waals surface area contributed by atoms with Crippen LogP contribution >= 0.6 is 0 Å². The van der Waals surface area contributed by atoms with E-state index in [2.05, 4.69) is 12.2 Å². The van der Waals surface area contributed by atoms with Crippen molar-refractivity contribution in [2.45, 2.75) is 221 Å². The maximum absolute atomic E-state index is 13.0. The third kappa shape index (κ3) is 16.8. The first kappa shape index (κ1) is 53.9. The quantitative estimate of drug-likeness (QED) is 0.0321. The fraction of sp³-hybridized carbons (Fsp3) is 0.929. The molecule has 3 fully saturated rings. The van der Waals surface area contributed by atoms with Crippen LogP contribution in [-0.2, 0) is 33.2 Å². The molecule has 3 rings (SSSR count). The minimum absolute atomic E-state index is 0.245. The molecule has 0 spiro atoms. The van der Waals surface area contributed by atoms with Crippen molar-refractivity contribution in [1.29, 1.82) is 0 Å². The summed E-state index contributed by atoms with van der Waals surface area (Å²) in [4.78, 5) is 13.0. The van der Waals surface area contributed by atoms with E-state index in [1.807, 2.05) is 13.0 Å². The number of ether oxygens (including phenoxy) is 6. The molecule has 3 aliphatic heterocycles. The molecule has 0 aromatic carbocycles. The van der Waals surface area contributed by atoms with E-state index < -0.39 is 124 Å². The number of hydrogen-bond donors (Lipinski definition) is 12. The second-order valence-corrected chi connectivity index (χ2v) is 16.5. The van der Waals surface area contributed by atoms with Crippen molar-refractivity contribution in [2.75, 3.05) is 26.4 Å². The zero-order valence-electron chi connectivity index (χ0n) is 35.9. The van der Waals surface area contributed by atoms with Crippen molar-refractivity contribution in [3.63, 3.8) is 0 Å². The molecule has 358 valence electrons. The number of aliphatic hydroxyl groups excluding tert-OH is 11. The summed E-state index contributed by atoms with van der Waals surface area (Å²) < 4.78 is 33.8. The SMILES string of the molecule is CCCC/C=C/C(O)C(COC1OC(CO)C(OC2OC(CO)C(OC3OC(CO)C(O)C(O)C3O)C(O)C2O)C(O)C1O)NC(=O)CCCCCCCCCCCCCC. The average Bonchev–Trinajstić information content (AvgIpc) is 3.25. The predicted molar refractivity (Wildman–Crippen MR) is 217 cm³/mol. The van der Waals surface area contributed by atoms with Crippen molar-refractivity contribution in [3.05, 3.63) is 12.2 Å². The van der Waals surface area contributed by atoms with Gasteiger partial charge in [0.2, 0.25) is 5.91 Å². The summed E-state index contributed by atoms with van der Waals surface area (Å²) in [6.45, 7) is 1.49. The summed E-state index contributed by atoms with van der Waals surface area (Å²) in [6.07, 6.45) is -6.72. The third-order valence-electron chi connectivity index (χ3n) is 11.6. The lowest BCUT2D eigenvalue weighted by molar-refractivity contribution is -0.379. The molecule has 0 aromatic heterocycles. The summed E-state index contributed by atoms with van der Waals surface area (Å²) in [5.74, 6) is -0.288. The lowest BCUT2D eigenvalue weighted by atomic mass is 9.96. The van der Waals surface area contributed by atoms with Crippen LogP contribution in [0.3, 0.4) is 0 Å². The van der Waals surface area contributed by atoms with Gasteiger partial charge in [-0.3, -0.25) is 4.79 Å². The molecule has 19 nitrogen and oxygen atoms in total. The molecule has 0 aliphatic carbocycles. The van der Waals surface area contributed by atoms with Gasteiger partial charge in [-0.05, 0) is 12.8 Å². The maximum atomic E-state index is 13.0. The van der Waals surface area contributed by atoms with Gasteiger partial charge < -0.3 is 89.9 Å². The third-order valence-corrected chi connectivity index (χ3v) is 11.6. The minimum Gasteiger partial charge on any atom is -0.394 e. The molecule has 0 aromatic rings. The van der Waals surface area contributed by atoms with Crippen molar-refractivity contribution in [2.24, 2.45) is 0 Å². The van der Waals surface area contributed by atoms with Gasteiger partial charge in [0.25, 0.3) is 0 Å². The van der Waals surface area contributed by atoms with Crippen LogP contribution in [0.15, 0.2) is 12.2 Å². The summed E-state index contributed by atoms with van der Waals surface area (Å²) in [5.41, 5.74) is 0. The van der Waals surface area contributed by atoms with E-state index in [1.165, 1.54) is 51.4 Å². The number of carbonyl (C=O) groups is 1. The Morgan fingerprint density at radius 3 is 1.52 bits per heavy atom. The number of aliphatic hydroxyl groups is 11. The summed E-state index contributed by atoms with van der Waals surface area (Å²) in [5, 5.41) is 118. The highest BCUT2D eigenvalue weighted by Gasteiger charge is 2.53. The second-order valence-electron chi connectivity index (χ2n) is 16.5. The second kappa shape index (κ2) is 29.1. The summed E-state index contributed by atoms with van der Waals surface area (Å²) >= 11 is 0. The highest BCUT2D eigenvalue weighted by molar-refractivity contribution is 5.76. The summed E-state index contributed by atoms with van der Waals surface area (Å²) in [7, 11) is 0. The molecule has 17 atom stereocenters. The molecule has 3 saturated heterocycles. The molecule has 12 N–H and O–H groups in total. The van der Waals surface area contributed by atoms with Crippen molar-refractivity contribution < 1.29 is 89.4 Å². The fourth-order valence-corrected chi connectivity index (χ4v) is 7.70. The Labute approximate surface area is 359 Å². The molecular formula is C42H77NO18. The zero-order valence-corrected chi connectivity index (χ0v) is 35.9. The van der Waals surface area contributed by atoms with Gasteiger partial charge in [-0.2, -0.15) is 0 Å². The van der Waals surface area contributed by atoms with Gasteiger partial charge in [-0.15, -0.1) is 0 Å². The Bertz CT molecular complexity index is 1200. The Kier molecular flexibility index (Phi) is 25.7. The maximum Gasteiger partial charge on any atom is 0.220 e. The van der Waals surface area contributed by atoms with Crippen LogP contribution in [-0.4, -0.2) is 193 Å². The Morgan fingerprint density at radius 1 is 0.574 bits per heavy atom. The number of carbonyl (C=O) groups excluding carboxylic acids is 1. The monoisotopic (exact) mass is 884 g/mol. The van der Waals surface area contributed by atoms with Crippen LogP contribution in [0.25, 0.3) is 0 Å². The molecule has 17 unspecified atom stereocenters. The van der Waals surface area contributed by atoms with Crippen LogP contribution in [0.4, 0.5) is 0 Å². The first-order chi connectivity index (χ1) is 29.3. The van der Waals surface area contributed by atoms with E-state index >= 15 is 0 Å². The molecule has 3 aliphatic rings. The number of allylic oxidation sites excluding steroid dienone is 1. The van der Waals surface area contributed by atoms with Gasteiger partial charge in [-0.1, -0.05) is 109 Å². The Hall–Kier alpha value is -1.47. The lowest BCUT2D eigenvalue weighted by Crippen LogP contribution is -2.66. The van der Waals surface area contributed by atoms with Crippen molar-refractivity contribution >= 4 is 5.91 Å². The predicted octanol–water partition coefficient (Wildman–Crippen LogP) is -0.865. The molecule has 0 saturated carbocycles. The number of rotatable bonds is 29. The zero-order chi connectivity index (χ0) is 44.9. The molecular weight excluding hydrogens is 806 g/mol. The van der Waals surface area contributed by atoms with E-state index in [-0.39, 0.29) is 18.9 Å². The standard InChI is InChI=1S/C42H77NO18/c1-3-5-7-9-10-11-12-13-14-15-16-18-20-30(48)43-25(26(47)19-17-8-6-4-2)24-56-40-36(54)33(51)38(28(22-45)58-40)61-42-37(55)34(52)39(29(23-46)59-42)60-41-35(53)32(50)31(49)27(21-44)57-41/h17,19,25-29,31-42,44-47,49-55H,3-16,18,20-24H2,1-2H3,(H,43,48)/b19-17+. The van der Waals surface area contributed by atoms with E-state index in [4.69, 9.17) is 28.4 Å². The molecule has 19 heteroatoms. The Balaban J connectivity index is 1.56. The minimum atomic E-state index is -1.97. The van der Waals surface area contributed by atoms with Crippen molar-refractivity contribution in [3.8, 4) is 0 Å². The summed E-state index contributed by atoms with van der Waals surface area (Å²) in [6, 6.07) is -0.960. The molecule has 0 radical (unpaired) electrons. The van der Waals surface area contributed by atoms with Gasteiger partial charge in [0.15, 0.2) is 18.9 Å². The number of nitrogens with one attached hydrogen (secondary N) is 1. The van der Waals surface area contributed by atoms with Gasteiger partial charge >= 0.3 is 0 Å². The Morgan fingerprint density at radius 2 is 1.02 bits per heavy atom. The number of amides is 1. The van der Waals surface area contributed by atoms with Gasteiger partial charge in [0, 0.05) is 6.42 Å². The highest BCUT2D eigenvalue weighted by atomic mass is 16.8. The van der Waals surface area contributed by atoms with E-state index in [1.54, 1.807) is 6.08 Å². The lowest BCUT2D eigenvalue weighted by Gasteiger charge is -2.48. The fourth-order valence-electron chi connectivity index (χ4n) is 7.70. The van der Waals surface area contributed by atoms with E-state index in [0.717, 1.165) is 32.1 Å². The van der Waals surface area contributed by atoms with Crippen LogP contribution in [0.2, 0.25) is 0 Å². The van der Waals surface area contributed by atoms with Crippen LogP contribution in [0.5, 0.6) is 0 Å². The molecule has 1 amide bonds. The molecule has 3 heterocycles. The van der Waals surface area contributed by atoms with E-state index in [0.29, 0.717) is 12.8 Å². The van der Waals surface area contributed by atoms with Gasteiger partial charge in [-0.25, -0.2) is 0 Å². The normalized spacial score (nSPS) is 35.7. The average molecular weight is 884 g/mol. The van der Waals surface area contributed by atoms with Crippen LogP contribution in [0.1, 0.15) is 117 Å². The molecule has 0 bridgehead atoms. The smallest absolute Gasteiger partial charge is 0.220 e. The first-order valence-corrected chi connectivity index (χ1v) is 22.4.